The summed E-state index contributed by atoms with van der Waals surface area (Å²) in [5, 5.41) is 0. The van der Waals surface area contributed by atoms with Gasteiger partial charge in [0.15, 0.2) is 0 Å². The third-order valence-electron chi connectivity index (χ3n) is 2.45. The zero-order valence-corrected chi connectivity index (χ0v) is 9.53. The van der Waals surface area contributed by atoms with E-state index in [1.165, 1.54) is 0 Å². The SMILES string of the molecule is COc1cc(C(C)ON)cc(OC)c1C. The summed E-state index contributed by atoms with van der Waals surface area (Å²) in [5.41, 5.74) is 1.89. The third kappa shape index (κ3) is 2.40. The van der Waals surface area contributed by atoms with Crippen LogP contribution >= 0.6 is 0 Å². The number of nitrogens with two attached hydrogens (primary N) is 1. The molecule has 0 spiro atoms. The van der Waals surface area contributed by atoms with Crippen LogP contribution in [0.25, 0.3) is 0 Å². The standard InChI is InChI=1S/C11H17NO3/c1-7-10(13-3)5-9(8(2)15-12)6-11(7)14-4/h5-6,8H,12H2,1-4H3. The lowest BCUT2D eigenvalue weighted by Gasteiger charge is -2.15. The van der Waals surface area contributed by atoms with E-state index in [4.69, 9.17) is 20.2 Å². The van der Waals surface area contributed by atoms with E-state index in [9.17, 15) is 0 Å². The molecule has 0 aliphatic rings. The molecule has 4 nitrogen and oxygen atoms in total. The van der Waals surface area contributed by atoms with Crippen molar-refractivity contribution < 1.29 is 14.3 Å². The summed E-state index contributed by atoms with van der Waals surface area (Å²) in [5.74, 6) is 6.69. The van der Waals surface area contributed by atoms with Gasteiger partial charge in [-0.25, -0.2) is 5.90 Å². The summed E-state index contributed by atoms with van der Waals surface area (Å²) in [6, 6.07) is 3.80. The van der Waals surface area contributed by atoms with Gasteiger partial charge in [-0.3, -0.25) is 4.84 Å². The van der Waals surface area contributed by atoms with E-state index in [0.717, 1.165) is 22.6 Å². The van der Waals surface area contributed by atoms with Gasteiger partial charge in [-0.2, -0.15) is 0 Å². The van der Waals surface area contributed by atoms with Gasteiger partial charge in [0.1, 0.15) is 17.6 Å². The lowest BCUT2D eigenvalue weighted by molar-refractivity contribution is 0.0661. The van der Waals surface area contributed by atoms with E-state index in [1.807, 2.05) is 26.0 Å². The average molecular weight is 211 g/mol. The Morgan fingerprint density at radius 3 is 1.93 bits per heavy atom. The molecule has 0 aliphatic heterocycles. The van der Waals surface area contributed by atoms with E-state index in [2.05, 4.69) is 0 Å². The minimum absolute atomic E-state index is 0.187. The van der Waals surface area contributed by atoms with Gasteiger partial charge in [0.05, 0.1) is 14.2 Å². The van der Waals surface area contributed by atoms with E-state index in [0.29, 0.717) is 0 Å². The van der Waals surface area contributed by atoms with Crippen LogP contribution in [-0.2, 0) is 4.84 Å². The van der Waals surface area contributed by atoms with Crippen LogP contribution in [0.4, 0.5) is 0 Å². The first-order chi connectivity index (χ1) is 7.13. The highest BCUT2D eigenvalue weighted by Gasteiger charge is 2.12. The maximum absolute atomic E-state index is 5.25. The first kappa shape index (κ1) is 11.8. The highest BCUT2D eigenvalue weighted by Crippen LogP contribution is 2.32. The summed E-state index contributed by atoms with van der Waals surface area (Å²) < 4.78 is 10.5. The van der Waals surface area contributed by atoms with E-state index in [-0.39, 0.29) is 6.10 Å². The molecule has 1 rings (SSSR count). The van der Waals surface area contributed by atoms with Crippen molar-refractivity contribution in [2.75, 3.05) is 14.2 Å². The second-order valence-electron chi connectivity index (χ2n) is 3.33. The molecule has 0 saturated heterocycles. The lowest BCUT2D eigenvalue weighted by Crippen LogP contribution is -2.06. The van der Waals surface area contributed by atoms with Crippen LogP contribution in [0, 0.1) is 6.92 Å². The van der Waals surface area contributed by atoms with Gasteiger partial charge < -0.3 is 9.47 Å². The average Bonchev–Trinajstić information content (AvgIpc) is 2.28. The molecule has 0 radical (unpaired) electrons. The van der Waals surface area contributed by atoms with Crippen LogP contribution in [0.5, 0.6) is 11.5 Å². The van der Waals surface area contributed by atoms with Crippen molar-refractivity contribution in [1.29, 1.82) is 0 Å². The zero-order valence-electron chi connectivity index (χ0n) is 9.53. The molecule has 2 N–H and O–H groups in total. The summed E-state index contributed by atoms with van der Waals surface area (Å²) in [6.45, 7) is 3.80. The fourth-order valence-electron chi connectivity index (χ4n) is 1.42. The minimum Gasteiger partial charge on any atom is -0.496 e. The van der Waals surface area contributed by atoms with Crippen molar-refractivity contribution in [3.05, 3.63) is 23.3 Å². The molecule has 84 valence electrons. The maximum Gasteiger partial charge on any atom is 0.125 e. The van der Waals surface area contributed by atoms with Gasteiger partial charge in [0.2, 0.25) is 0 Å². The van der Waals surface area contributed by atoms with Crippen molar-refractivity contribution in [3.63, 3.8) is 0 Å². The molecule has 4 heteroatoms. The third-order valence-corrected chi connectivity index (χ3v) is 2.45. The van der Waals surface area contributed by atoms with E-state index in [1.54, 1.807) is 14.2 Å². The fourth-order valence-corrected chi connectivity index (χ4v) is 1.42. The van der Waals surface area contributed by atoms with Gasteiger partial charge in [-0.1, -0.05) is 0 Å². The topological polar surface area (TPSA) is 53.7 Å². The molecule has 0 amide bonds. The summed E-state index contributed by atoms with van der Waals surface area (Å²) in [7, 11) is 3.25. The Morgan fingerprint density at radius 1 is 1.13 bits per heavy atom. The van der Waals surface area contributed by atoms with Crippen molar-refractivity contribution in [2.24, 2.45) is 5.90 Å². The van der Waals surface area contributed by atoms with Crippen LogP contribution in [0.2, 0.25) is 0 Å². The number of rotatable bonds is 4. The minimum atomic E-state index is -0.187. The Labute approximate surface area is 89.9 Å². The predicted molar refractivity (Wildman–Crippen MR) is 58.0 cm³/mol. The predicted octanol–water partition coefficient (Wildman–Crippen LogP) is 1.96. The van der Waals surface area contributed by atoms with Crippen molar-refractivity contribution in [3.8, 4) is 11.5 Å². The molecule has 0 aromatic heterocycles. The second kappa shape index (κ2) is 5.00. The number of benzene rings is 1. The van der Waals surface area contributed by atoms with Crippen LogP contribution in [0.15, 0.2) is 12.1 Å². The Hall–Kier alpha value is -1.26. The van der Waals surface area contributed by atoms with Gasteiger partial charge in [-0.15, -0.1) is 0 Å². The summed E-state index contributed by atoms with van der Waals surface area (Å²) >= 11 is 0. The molecule has 0 bridgehead atoms. The Balaban J connectivity index is 3.20. The Kier molecular flexibility index (Phi) is 3.94. The zero-order chi connectivity index (χ0) is 11.4. The van der Waals surface area contributed by atoms with E-state index < -0.39 is 0 Å². The lowest BCUT2D eigenvalue weighted by atomic mass is 10.1. The van der Waals surface area contributed by atoms with Crippen molar-refractivity contribution in [2.45, 2.75) is 20.0 Å². The normalized spacial score (nSPS) is 12.3. The van der Waals surface area contributed by atoms with Gasteiger partial charge in [-0.05, 0) is 31.5 Å². The number of hydrogen-bond donors (Lipinski definition) is 1. The first-order valence-corrected chi connectivity index (χ1v) is 4.72. The van der Waals surface area contributed by atoms with Crippen molar-refractivity contribution >= 4 is 0 Å². The second-order valence-corrected chi connectivity index (χ2v) is 3.33. The van der Waals surface area contributed by atoms with Crippen LogP contribution in [-0.4, -0.2) is 14.2 Å². The molecule has 0 saturated carbocycles. The smallest absolute Gasteiger partial charge is 0.125 e. The van der Waals surface area contributed by atoms with Crippen molar-refractivity contribution in [1.82, 2.24) is 0 Å². The fraction of sp³-hybridized carbons (Fsp3) is 0.455. The quantitative estimate of drug-likeness (QED) is 0.773. The Morgan fingerprint density at radius 2 is 1.60 bits per heavy atom. The molecule has 0 aliphatic carbocycles. The molecular weight excluding hydrogens is 194 g/mol. The van der Waals surface area contributed by atoms with Crippen LogP contribution in [0.3, 0.4) is 0 Å². The molecular formula is C11H17NO3. The van der Waals surface area contributed by atoms with Gasteiger partial charge >= 0.3 is 0 Å². The monoisotopic (exact) mass is 211 g/mol. The highest BCUT2D eigenvalue weighted by molar-refractivity contribution is 5.47. The first-order valence-electron chi connectivity index (χ1n) is 4.72. The summed E-state index contributed by atoms with van der Waals surface area (Å²) in [6.07, 6.45) is -0.187. The number of methoxy groups -OCH3 is 2. The summed E-state index contributed by atoms with van der Waals surface area (Å²) in [4.78, 5) is 4.76. The molecule has 1 atom stereocenters. The maximum atomic E-state index is 5.25. The van der Waals surface area contributed by atoms with Gasteiger partial charge in [0, 0.05) is 5.56 Å². The molecule has 0 fully saturated rings. The number of ether oxygens (including phenoxy) is 2. The molecule has 1 unspecified atom stereocenters. The Bertz CT molecular complexity index is 314. The molecule has 0 heterocycles. The molecule has 1 aromatic carbocycles. The largest absolute Gasteiger partial charge is 0.496 e. The molecule has 15 heavy (non-hydrogen) atoms. The van der Waals surface area contributed by atoms with Crippen LogP contribution in [0.1, 0.15) is 24.2 Å². The molecule has 1 aromatic rings. The highest BCUT2D eigenvalue weighted by atomic mass is 16.6. The number of hydrogen-bond acceptors (Lipinski definition) is 4. The van der Waals surface area contributed by atoms with Gasteiger partial charge in [0.25, 0.3) is 0 Å². The van der Waals surface area contributed by atoms with E-state index >= 15 is 0 Å². The van der Waals surface area contributed by atoms with Crippen LogP contribution < -0.4 is 15.4 Å².